The molecule has 0 atom stereocenters. The average molecular weight is 367 g/mol. The molecule has 0 unspecified atom stereocenters. The normalized spacial score (nSPS) is 9.50. The van der Waals surface area contributed by atoms with Crippen LogP contribution < -0.4 is 0 Å². The number of hydrogen-bond acceptors (Lipinski definition) is 1. The molecule has 0 bridgehead atoms. The molecule has 0 rings (SSSR count). The predicted octanol–water partition coefficient (Wildman–Crippen LogP) is 3.00. The molecular formula is C10H22BiO. The van der Waals surface area contributed by atoms with E-state index < -0.39 is 0 Å². The zero-order chi connectivity index (χ0) is 8.36. The number of unbranched alkanes of at least 4 members (excludes halogenated alkanes) is 4. The summed E-state index contributed by atoms with van der Waals surface area (Å²) in [5, 5.41) is 0. The van der Waals surface area contributed by atoms with Gasteiger partial charge in [0.1, 0.15) is 0 Å². The van der Waals surface area contributed by atoms with Gasteiger partial charge in [0.2, 0.25) is 0 Å². The Kier molecular flexibility index (Phi) is 18.3. The minimum absolute atomic E-state index is 0. The van der Waals surface area contributed by atoms with Crippen LogP contribution >= 0.6 is 0 Å². The quantitative estimate of drug-likeness (QED) is 0.474. The first-order chi connectivity index (χ1) is 5.41. The van der Waals surface area contributed by atoms with Crippen LogP contribution in [0, 0.1) is 0 Å². The second-order valence-electron chi connectivity index (χ2n) is 3.03. The Hall–Kier alpha value is 0.843. The molecule has 0 aromatic carbocycles. The van der Waals surface area contributed by atoms with Crippen LogP contribution in [-0.4, -0.2) is 39.4 Å². The molecular weight excluding hydrogens is 345 g/mol. The Labute approximate surface area is 96.4 Å². The van der Waals surface area contributed by atoms with E-state index in [0.29, 0.717) is 0 Å². The second-order valence-corrected chi connectivity index (χ2v) is 3.03. The molecule has 1 nitrogen and oxygen atoms in total. The van der Waals surface area contributed by atoms with Gasteiger partial charge in [-0.2, -0.15) is 0 Å². The molecule has 0 amide bonds. The van der Waals surface area contributed by atoms with Gasteiger partial charge in [-0.25, -0.2) is 0 Å². The maximum Gasteiger partial charge on any atom is 0.0466 e. The summed E-state index contributed by atoms with van der Waals surface area (Å²) in [5.74, 6) is 0. The molecule has 0 aliphatic carbocycles. The first kappa shape index (κ1) is 15.3. The summed E-state index contributed by atoms with van der Waals surface area (Å²) < 4.78 is 5.44. The van der Waals surface area contributed by atoms with E-state index in [2.05, 4.69) is 13.8 Å². The van der Waals surface area contributed by atoms with Crippen LogP contribution in [-0.2, 0) is 4.74 Å². The van der Waals surface area contributed by atoms with Crippen LogP contribution in [0.5, 0.6) is 0 Å². The molecule has 0 N–H and O–H groups in total. The summed E-state index contributed by atoms with van der Waals surface area (Å²) in [6.07, 6.45) is 7.68. The van der Waals surface area contributed by atoms with E-state index in [1.165, 1.54) is 38.5 Å². The molecule has 2 heteroatoms. The summed E-state index contributed by atoms with van der Waals surface area (Å²) in [5.41, 5.74) is 0. The smallest absolute Gasteiger partial charge is 0.0466 e. The third-order valence-corrected chi connectivity index (χ3v) is 1.78. The van der Waals surface area contributed by atoms with E-state index in [1.54, 1.807) is 0 Å². The zero-order valence-corrected chi connectivity index (χ0v) is 12.0. The van der Waals surface area contributed by atoms with Gasteiger partial charge in [-0.1, -0.05) is 39.5 Å². The van der Waals surface area contributed by atoms with Crippen molar-refractivity contribution in [3.8, 4) is 0 Å². The average Bonchev–Trinajstić information content (AvgIpc) is 2.03. The fraction of sp³-hybridized carbons (Fsp3) is 1.00. The molecule has 0 aromatic heterocycles. The molecule has 0 spiro atoms. The van der Waals surface area contributed by atoms with E-state index >= 15 is 0 Å². The number of ether oxygens (including phenoxy) is 1. The second kappa shape index (κ2) is 14.4. The maximum atomic E-state index is 5.44. The van der Waals surface area contributed by atoms with E-state index in [-0.39, 0.29) is 26.2 Å². The third kappa shape index (κ3) is 13.4. The van der Waals surface area contributed by atoms with Gasteiger partial charge in [-0.15, -0.1) is 0 Å². The van der Waals surface area contributed by atoms with Gasteiger partial charge in [0.15, 0.2) is 0 Å². The first-order valence-corrected chi connectivity index (χ1v) is 4.99. The van der Waals surface area contributed by atoms with E-state index in [9.17, 15) is 0 Å². The van der Waals surface area contributed by atoms with Crippen molar-refractivity contribution in [3.63, 3.8) is 0 Å². The topological polar surface area (TPSA) is 9.23 Å². The van der Waals surface area contributed by atoms with Crippen LogP contribution in [0.1, 0.15) is 52.4 Å². The standard InChI is InChI=1S/C10H22O.Bi/c1-3-5-7-9-11-10-8-6-4-2;/h3-10H2,1-2H3;. The minimum atomic E-state index is 0. The van der Waals surface area contributed by atoms with Gasteiger partial charge >= 0.3 is 0 Å². The molecule has 73 valence electrons. The fourth-order valence-corrected chi connectivity index (χ4v) is 1.01. The molecule has 0 saturated carbocycles. The molecule has 0 aliphatic rings. The Morgan fingerprint density at radius 3 is 1.50 bits per heavy atom. The van der Waals surface area contributed by atoms with Crippen molar-refractivity contribution in [2.45, 2.75) is 52.4 Å². The van der Waals surface area contributed by atoms with Gasteiger partial charge in [-0.3, -0.25) is 0 Å². The first-order valence-electron chi connectivity index (χ1n) is 4.99. The Bertz CT molecular complexity index is 58.9. The molecule has 3 radical (unpaired) electrons. The van der Waals surface area contributed by atoms with Crippen LogP contribution in [0.4, 0.5) is 0 Å². The summed E-state index contributed by atoms with van der Waals surface area (Å²) in [4.78, 5) is 0. The molecule has 0 fully saturated rings. The van der Waals surface area contributed by atoms with Crippen molar-refractivity contribution >= 4 is 26.2 Å². The van der Waals surface area contributed by atoms with Crippen LogP contribution in [0.15, 0.2) is 0 Å². The van der Waals surface area contributed by atoms with Crippen molar-refractivity contribution in [1.29, 1.82) is 0 Å². The maximum absolute atomic E-state index is 5.44. The summed E-state index contributed by atoms with van der Waals surface area (Å²) in [6, 6.07) is 0. The molecule has 12 heavy (non-hydrogen) atoms. The SMILES string of the molecule is CCCCCOCCCCC.[Bi]. The predicted molar refractivity (Wildman–Crippen MR) is 55.6 cm³/mol. The van der Waals surface area contributed by atoms with E-state index in [4.69, 9.17) is 4.74 Å². The summed E-state index contributed by atoms with van der Waals surface area (Å²) in [7, 11) is 0. The van der Waals surface area contributed by atoms with Gasteiger partial charge < -0.3 is 4.74 Å². The summed E-state index contributed by atoms with van der Waals surface area (Å²) >= 11 is 0. The van der Waals surface area contributed by atoms with Crippen LogP contribution in [0.25, 0.3) is 0 Å². The van der Waals surface area contributed by atoms with Gasteiger partial charge in [-0.05, 0) is 12.8 Å². The van der Waals surface area contributed by atoms with Crippen LogP contribution in [0.2, 0.25) is 0 Å². The van der Waals surface area contributed by atoms with E-state index in [0.717, 1.165) is 13.2 Å². The largest absolute Gasteiger partial charge is 0.381 e. The van der Waals surface area contributed by atoms with Crippen LogP contribution in [0.3, 0.4) is 0 Å². The fourth-order valence-electron chi connectivity index (χ4n) is 1.01. The third-order valence-electron chi connectivity index (χ3n) is 1.78. The van der Waals surface area contributed by atoms with Gasteiger partial charge in [0, 0.05) is 39.4 Å². The van der Waals surface area contributed by atoms with Gasteiger partial charge in [0.25, 0.3) is 0 Å². The van der Waals surface area contributed by atoms with Gasteiger partial charge in [0.05, 0.1) is 0 Å². The van der Waals surface area contributed by atoms with Crippen molar-refractivity contribution in [2.75, 3.05) is 13.2 Å². The molecule has 0 saturated heterocycles. The van der Waals surface area contributed by atoms with Crippen molar-refractivity contribution in [1.82, 2.24) is 0 Å². The number of rotatable bonds is 8. The molecule has 0 aromatic rings. The minimum Gasteiger partial charge on any atom is -0.381 e. The molecule has 0 aliphatic heterocycles. The van der Waals surface area contributed by atoms with Crippen molar-refractivity contribution in [2.24, 2.45) is 0 Å². The van der Waals surface area contributed by atoms with Crippen molar-refractivity contribution < 1.29 is 4.74 Å². The Balaban J connectivity index is 0. The summed E-state index contributed by atoms with van der Waals surface area (Å²) in [6.45, 7) is 6.38. The van der Waals surface area contributed by atoms with E-state index in [1.807, 2.05) is 0 Å². The monoisotopic (exact) mass is 367 g/mol. The molecule has 0 heterocycles. The number of hydrogen-bond donors (Lipinski definition) is 0. The Morgan fingerprint density at radius 2 is 1.17 bits per heavy atom. The van der Waals surface area contributed by atoms with Crippen molar-refractivity contribution in [3.05, 3.63) is 0 Å². The Morgan fingerprint density at radius 1 is 0.750 bits per heavy atom. The zero-order valence-electron chi connectivity index (χ0n) is 8.51.